The highest BCUT2D eigenvalue weighted by Crippen LogP contribution is 2.47. The Labute approximate surface area is 241 Å². The molecule has 226 valence electrons. The van der Waals surface area contributed by atoms with Crippen LogP contribution in [0.2, 0.25) is 0 Å². The van der Waals surface area contributed by atoms with Gasteiger partial charge in [0.25, 0.3) is 5.79 Å². The first-order chi connectivity index (χ1) is 19.5. The predicted octanol–water partition coefficient (Wildman–Crippen LogP) is 8.19. The van der Waals surface area contributed by atoms with E-state index in [2.05, 4.69) is 6.58 Å². The van der Waals surface area contributed by atoms with E-state index in [0.29, 0.717) is 31.4 Å². The van der Waals surface area contributed by atoms with E-state index in [1.54, 1.807) is 19.1 Å². The van der Waals surface area contributed by atoms with Crippen LogP contribution in [0.15, 0.2) is 67.3 Å². The number of rotatable bonds is 14. The van der Waals surface area contributed by atoms with Gasteiger partial charge >= 0.3 is 21.6 Å². The smallest absolute Gasteiger partial charge is 0.451 e. The summed E-state index contributed by atoms with van der Waals surface area (Å²) in [6, 6.07) is 16.8. The van der Waals surface area contributed by atoms with Crippen LogP contribution in [-0.2, 0) is 23.8 Å². The van der Waals surface area contributed by atoms with Crippen LogP contribution in [0.25, 0.3) is 11.1 Å². The van der Waals surface area contributed by atoms with Crippen molar-refractivity contribution in [3.05, 3.63) is 67.3 Å². The Morgan fingerprint density at radius 3 is 2.07 bits per heavy atom. The molecular formula is C31H39F3O6S. The minimum absolute atomic E-state index is 0.0175. The quantitative estimate of drug-likeness (QED) is 0.0719. The zero-order chi connectivity index (χ0) is 30.1. The van der Waals surface area contributed by atoms with E-state index in [1.165, 1.54) is 0 Å². The van der Waals surface area contributed by atoms with Gasteiger partial charge in [-0.05, 0) is 48.9 Å². The standard InChI is InChI=1S/C31H39F3O6S/c1-4-13-27(28(14-5-2)40-41(36,37)31(32,33)34)30(39-29(35)6-3,25-17-11-8-12-18-25)38-26-21-19-24(20-22-26)23-15-9-7-10-16-23/h6-7,9-10,15-16,19-22,25,27-28H,3-5,8,11-14,17-18H2,1-2H3. The number of hydrogen-bond acceptors (Lipinski definition) is 6. The molecular weight excluding hydrogens is 557 g/mol. The molecule has 0 aliphatic heterocycles. The normalized spacial score (nSPS) is 17.7. The van der Waals surface area contributed by atoms with Gasteiger partial charge in [0.05, 0.1) is 12.0 Å². The fraction of sp³-hybridized carbons (Fsp3) is 0.516. The molecule has 1 aliphatic rings. The first kappa shape index (κ1) is 32.7. The molecule has 0 saturated heterocycles. The average Bonchev–Trinajstić information content (AvgIpc) is 2.96. The lowest BCUT2D eigenvalue weighted by molar-refractivity contribution is -0.256. The Morgan fingerprint density at radius 2 is 1.54 bits per heavy atom. The van der Waals surface area contributed by atoms with Crippen molar-refractivity contribution in [2.24, 2.45) is 11.8 Å². The van der Waals surface area contributed by atoms with E-state index in [1.807, 2.05) is 49.4 Å². The van der Waals surface area contributed by atoms with Gasteiger partial charge in [0, 0.05) is 12.0 Å². The van der Waals surface area contributed by atoms with Crippen molar-refractivity contribution < 1.29 is 40.0 Å². The second-order valence-corrected chi connectivity index (χ2v) is 12.0. The van der Waals surface area contributed by atoms with Crippen LogP contribution in [0.5, 0.6) is 5.75 Å². The van der Waals surface area contributed by atoms with Gasteiger partial charge in [0.15, 0.2) is 0 Å². The van der Waals surface area contributed by atoms with E-state index in [-0.39, 0.29) is 12.8 Å². The van der Waals surface area contributed by atoms with Crippen LogP contribution in [-0.4, -0.2) is 31.8 Å². The summed E-state index contributed by atoms with van der Waals surface area (Å²) >= 11 is 0. The summed E-state index contributed by atoms with van der Waals surface area (Å²) in [6.45, 7) is 7.06. The van der Waals surface area contributed by atoms with Crippen molar-refractivity contribution in [1.82, 2.24) is 0 Å². The van der Waals surface area contributed by atoms with Crippen molar-refractivity contribution in [2.45, 2.75) is 89.0 Å². The Kier molecular flexibility index (Phi) is 11.4. The van der Waals surface area contributed by atoms with Crippen LogP contribution < -0.4 is 4.74 Å². The zero-order valence-electron chi connectivity index (χ0n) is 23.6. The molecule has 41 heavy (non-hydrogen) atoms. The molecule has 2 aromatic rings. The first-order valence-electron chi connectivity index (χ1n) is 14.2. The molecule has 3 rings (SSSR count). The summed E-state index contributed by atoms with van der Waals surface area (Å²) in [5, 5.41) is 0. The highest BCUT2D eigenvalue weighted by molar-refractivity contribution is 7.87. The van der Waals surface area contributed by atoms with Crippen molar-refractivity contribution in [2.75, 3.05) is 0 Å². The molecule has 0 heterocycles. The van der Waals surface area contributed by atoms with E-state index >= 15 is 0 Å². The minimum Gasteiger partial charge on any atom is -0.451 e. The maximum Gasteiger partial charge on any atom is 0.523 e. The molecule has 10 heteroatoms. The van der Waals surface area contributed by atoms with E-state index < -0.39 is 45.3 Å². The number of ether oxygens (including phenoxy) is 2. The molecule has 0 amide bonds. The lowest BCUT2D eigenvalue weighted by Crippen LogP contribution is -2.58. The molecule has 1 fully saturated rings. The third-order valence-corrected chi connectivity index (χ3v) is 8.58. The Hall–Kier alpha value is -2.85. The van der Waals surface area contributed by atoms with Crippen molar-refractivity contribution in [1.29, 1.82) is 0 Å². The zero-order valence-corrected chi connectivity index (χ0v) is 24.4. The Balaban J connectivity index is 2.16. The molecule has 0 bridgehead atoms. The lowest BCUT2D eigenvalue weighted by Gasteiger charge is -2.48. The van der Waals surface area contributed by atoms with Gasteiger partial charge < -0.3 is 9.47 Å². The molecule has 2 aromatic carbocycles. The summed E-state index contributed by atoms with van der Waals surface area (Å²) in [5.74, 6) is -3.71. The molecule has 0 N–H and O–H groups in total. The number of halogens is 3. The Bertz CT molecular complexity index is 1220. The number of benzene rings is 2. The van der Waals surface area contributed by atoms with Crippen molar-refractivity contribution in [3.8, 4) is 16.9 Å². The SMILES string of the molecule is C=CC(=O)OC(Oc1ccc(-c2ccccc2)cc1)(C1CCCCC1)C(CCC)C(CCC)OS(=O)(=O)C(F)(F)F. The number of esters is 1. The molecule has 3 unspecified atom stereocenters. The van der Waals surface area contributed by atoms with Gasteiger partial charge in [-0.1, -0.05) is 95.0 Å². The molecule has 1 aliphatic carbocycles. The largest absolute Gasteiger partial charge is 0.523 e. The molecule has 0 aromatic heterocycles. The first-order valence-corrected chi connectivity index (χ1v) is 15.6. The summed E-state index contributed by atoms with van der Waals surface area (Å²) < 4.78 is 82.5. The molecule has 1 saturated carbocycles. The maximum atomic E-state index is 13.5. The number of hydrogen-bond donors (Lipinski definition) is 0. The second kappa shape index (κ2) is 14.4. The van der Waals surface area contributed by atoms with Crippen LogP contribution >= 0.6 is 0 Å². The van der Waals surface area contributed by atoms with Crippen LogP contribution in [0, 0.1) is 11.8 Å². The average molecular weight is 597 g/mol. The highest BCUT2D eigenvalue weighted by atomic mass is 32.2. The monoisotopic (exact) mass is 596 g/mol. The van der Waals surface area contributed by atoms with E-state index in [4.69, 9.17) is 13.7 Å². The fourth-order valence-corrected chi connectivity index (χ4v) is 6.32. The third kappa shape index (κ3) is 8.13. The number of carbonyl (C=O) groups is 1. The van der Waals surface area contributed by atoms with Gasteiger partial charge in [0.1, 0.15) is 5.75 Å². The molecule has 0 radical (unpaired) electrons. The van der Waals surface area contributed by atoms with E-state index in [0.717, 1.165) is 36.5 Å². The number of alkyl halides is 3. The number of carbonyl (C=O) groups excluding carboxylic acids is 1. The van der Waals surface area contributed by atoms with Crippen LogP contribution in [0.3, 0.4) is 0 Å². The minimum atomic E-state index is -5.93. The predicted molar refractivity (Wildman–Crippen MR) is 151 cm³/mol. The summed E-state index contributed by atoms with van der Waals surface area (Å²) in [6.07, 6.45) is 4.20. The molecule has 0 spiro atoms. The van der Waals surface area contributed by atoms with Gasteiger partial charge in [-0.15, -0.1) is 0 Å². The molecule has 6 nitrogen and oxygen atoms in total. The van der Waals surface area contributed by atoms with Gasteiger partial charge in [0.2, 0.25) is 0 Å². The Morgan fingerprint density at radius 1 is 0.951 bits per heavy atom. The van der Waals surface area contributed by atoms with Crippen LogP contribution in [0.4, 0.5) is 13.2 Å². The van der Waals surface area contributed by atoms with Gasteiger partial charge in [-0.2, -0.15) is 21.6 Å². The third-order valence-electron chi connectivity index (χ3n) is 7.51. The summed E-state index contributed by atoms with van der Waals surface area (Å²) in [4.78, 5) is 12.9. The second-order valence-electron chi connectivity index (χ2n) is 10.4. The topological polar surface area (TPSA) is 78.9 Å². The van der Waals surface area contributed by atoms with Crippen molar-refractivity contribution in [3.63, 3.8) is 0 Å². The summed E-state index contributed by atoms with van der Waals surface area (Å²) in [7, 11) is -5.93. The maximum absolute atomic E-state index is 13.5. The highest BCUT2D eigenvalue weighted by Gasteiger charge is 2.57. The van der Waals surface area contributed by atoms with Crippen LogP contribution in [0.1, 0.15) is 71.6 Å². The fourth-order valence-electron chi connectivity index (χ4n) is 5.65. The van der Waals surface area contributed by atoms with Crippen molar-refractivity contribution >= 4 is 16.1 Å². The summed E-state index contributed by atoms with van der Waals surface area (Å²) in [5.41, 5.74) is -3.71. The van der Waals surface area contributed by atoms with Gasteiger partial charge in [-0.3, -0.25) is 4.18 Å². The molecule has 3 atom stereocenters. The van der Waals surface area contributed by atoms with E-state index in [9.17, 15) is 26.4 Å². The van der Waals surface area contributed by atoms with Gasteiger partial charge in [-0.25, -0.2) is 4.79 Å². The lowest BCUT2D eigenvalue weighted by atomic mass is 9.73.